The third-order valence-electron chi connectivity index (χ3n) is 4.04. The lowest BCUT2D eigenvalue weighted by atomic mass is 10.1. The smallest absolute Gasteiger partial charge is 0.332 e. The molecule has 34 heavy (non-hydrogen) atoms. The molecule has 0 fully saturated rings. The van der Waals surface area contributed by atoms with Gasteiger partial charge < -0.3 is 36.2 Å². The number of nitrogens with two attached hydrogens (primary N) is 1. The fraction of sp³-hybridized carbons (Fsp3) is 0.286. The number of aromatic amines is 1. The van der Waals surface area contributed by atoms with Crippen molar-refractivity contribution in [3.63, 3.8) is 0 Å². The molecule has 182 valence electrons. The topological polar surface area (TPSA) is 224 Å². The van der Waals surface area contributed by atoms with Crippen molar-refractivity contribution in [2.45, 2.75) is 19.4 Å². The number of aliphatic carboxylic acids is 1. The fourth-order valence-electron chi connectivity index (χ4n) is 2.43. The van der Waals surface area contributed by atoms with Gasteiger partial charge in [-0.05, 0) is 32.0 Å². The van der Waals surface area contributed by atoms with Crippen LogP contribution >= 0.6 is 0 Å². The predicted molar refractivity (Wildman–Crippen MR) is 123 cm³/mol. The lowest BCUT2D eigenvalue weighted by Gasteiger charge is -2.13. The summed E-state index contributed by atoms with van der Waals surface area (Å²) >= 11 is 0. The summed E-state index contributed by atoms with van der Waals surface area (Å²) < 4.78 is 11.3. The third kappa shape index (κ3) is 8.02. The SMILES string of the molecule is CC(O)C(=O)O.COc1cccc(OCCCN)c1-c1cc(Nc2cnc(C#N)cn2)n[nH]1.O. The first-order valence-corrected chi connectivity index (χ1v) is 9.85. The van der Waals surface area contributed by atoms with Crippen molar-refractivity contribution in [1.82, 2.24) is 20.2 Å². The molecule has 0 saturated carbocycles. The number of aromatic nitrogens is 4. The Labute approximate surface area is 195 Å². The van der Waals surface area contributed by atoms with Crippen molar-refractivity contribution in [2.75, 3.05) is 25.6 Å². The van der Waals surface area contributed by atoms with Gasteiger partial charge in [0.2, 0.25) is 0 Å². The standard InChI is InChI=1S/C18H19N7O2.C3H6O3.H2O/c1-26-14-4-2-5-15(27-7-3-6-19)18(14)13-8-16(25-24-13)23-17-11-21-12(9-20)10-22-17;1-2(4)3(5)6;/h2,4-5,8,10-11H,3,6-7,19H2,1H3,(H2,22,23,24,25);2,4H,1H3,(H,5,6);1H2. The monoisotopic (exact) mass is 473 g/mol. The minimum Gasteiger partial charge on any atom is -0.496 e. The average Bonchev–Trinajstić information content (AvgIpc) is 3.27. The van der Waals surface area contributed by atoms with Crippen molar-refractivity contribution in [2.24, 2.45) is 5.73 Å². The van der Waals surface area contributed by atoms with Gasteiger partial charge in [-0.2, -0.15) is 10.4 Å². The zero-order valence-electron chi connectivity index (χ0n) is 18.6. The summed E-state index contributed by atoms with van der Waals surface area (Å²) in [6.07, 6.45) is 2.38. The molecule has 0 aliphatic carbocycles. The Balaban J connectivity index is 0.000000735. The van der Waals surface area contributed by atoms with Crippen LogP contribution < -0.4 is 20.5 Å². The molecular formula is C21H27N7O6. The number of ether oxygens (including phenoxy) is 2. The van der Waals surface area contributed by atoms with Gasteiger partial charge in [-0.1, -0.05) is 6.07 Å². The number of methoxy groups -OCH3 is 1. The lowest BCUT2D eigenvalue weighted by Crippen LogP contribution is -2.13. The summed E-state index contributed by atoms with van der Waals surface area (Å²) in [6.45, 7) is 2.27. The quantitative estimate of drug-likeness (QED) is 0.274. The molecule has 0 saturated heterocycles. The summed E-state index contributed by atoms with van der Waals surface area (Å²) in [6, 6.07) is 9.32. The van der Waals surface area contributed by atoms with Crippen molar-refractivity contribution in [3.8, 4) is 28.8 Å². The van der Waals surface area contributed by atoms with Crippen molar-refractivity contribution >= 4 is 17.6 Å². The number of aliphatic hydroxyl groups excluding tert-OH is 1. The Kier molecular flexibility index (Phi) is 11.4. The molecular weight excluding hydrogens is 446 g/mol. The number of carboxylic acid groups (broad SMARTS) is 1. The van der Waals surface area contributed by atoms with Gasteiger partial charge in [0.25, 0.3) is 0 Å². The van der Waals surface area contributed by atoms with E-state index < -0.39 is 12.1 Å². The fourth-order valence-corrected chi connectivity index (χ4v) is 2.43. The highest BCUT2D eigenvalue weighted by Crippen LogP contribution is 2.38. The zero-order valence-corrected chi connectivity index (χ0v) is 18.6. The van der Waals surface area contributed by atoms with E-state index in [1.165, 1.54) is 19.3 Å². The van der Waals surface area contributed by atoms with Gasteiger partial charge in [-0.25, -0.2) is 14.8 Å². The second kappa shape index (κ2) is 14.0. The third-order valence-corrected chi connectivity index (χ3v) is 4.04. The van der Waals surface area contributed by atoms with Gasteiger partial charge in [0, 0.05) is 6.07 Å². The van der Waals surface area contributed by atoms with E-state index in [-0.39, 0.29) is 11.2 Å². The number of aliphatic hydroxyl groups is 1. The van der Waals surface area contributed by atoms with Crippen LogP contribution in [0.1, 0.15) is 19.0 Å². The van der Waals surface area contributed by atoms with Gasteiger partial charge in [0.05, 0.1) is 37.4 Å². The van der Waals surface area contributed by atoms with Gasteiger partial charge in [-0.15, -0.1) is 0 Å². The molecule has 1 unspecified atom stereocenters. The summed E-state index contributed by atoms with van der Waals surface area (Å²) in [5.41, 5.74) is 7.27. The van der Waals surface area contributed by atoms with Crippen LogP contribution in [0.3, 0.4) is 0 Å². The summed E-state index contributed by atoms with van der Waals surface area (Å²) in [4.78, 5) is 17.5. The number of carbonyl (C=O) groups is 1. The Bertz CT molecular complexity index is 1080. The summed E-state index contributed by atoms with van der Waals surface area (Å²) in [5.74, 6) is 1.18. The number of hydrogen-bond donors (Lipinski definition) is 5. The summed E-state index contributed by atoms with van der Waals surface area (Å²) in [5, 5.41) is 34.8. The van der Waals surface area contributed by atoms with Crippen molar-refractivity contribution in [3.05, 3.63) is 42.4 Å². The van der Waals surface area contributed by atoms with Crippen LogP contribution in [-0.4, -0.2) is 68.2 Å². The number of nitrogens with one attached hydrogen (secondary N) is 2. The average molecular weight is 473 g/mol. The van der Waals surface area contributed by atoms with Crippen molar-refractivity contribution in [1.29, 1.82) is 5.26 Å². The van der Waals surface area contributed by atoms with Crippen LogP contribution in [0.25, 0.3) is 11.3 Å². The Morgan fingerprint density at radius 2 is 2.00 bits per heavy atom. The first-order chi connectivity index (χ1) is 15.9. The second-order valence-corrected chi connectivity index (χ2v) is 6.53. The van der Waals surface area contributed by atoms with E-state index in [0.29, 0.717) is 36.3 Å². The van der Waals surface area contributed by atoms with E-state index in [9.17, 15) is 4.79 Å². The number of hydrogen-bond acceptors (Lipinski definition) is 10. The molecule has 0 spiro atoms. The van der Waals surface area contributed by atoms with Gasteiger partial charge >= 0.3 is 5.97 Å². The van der Waals surface area contributed by atoms with E-state index in [1.54, 1.807) is 7.11 Å². The predicted octanol–water partition coefficient (Wildman–Crippen LogP) is 0.845. The molecule has 0 aliphatic heterocycles. The normalized spacial score (nSPS) is 10.6. The number of H-pyrrole nitrogens is 1. The van der Waals surface area contributed by atoms with Crippen LogP contribution in [0.2, 0.25) is 0 Å². The van der Waals surface area contributed by atoms with Crippen LogP contribution in [0, 0.1) is 11.3 Å². The Morgan fingerprint density at radius 1 is 1.29 bits per heavy atom. The van der Waals surface area contributed by atoms with Crippen LogP contribution in [0.15, 0.2) is 36.7 Å². The molecule has 0 bridgehead atoms. The second-order valence-electron chi connectivity index (χ2n) is 6.53. The highest BCUT2D eigenvalue weighted by molar-refractivity contribution is 5.76. The van der Waals surface area contributed by atoms with Crippen LogP contribution in [-0.2, 0) is 4.79 Å². The number of rotatable bonds is 9. The molecule has 0 radical (unpaired) electrons. The van der Waals surface area contributed by atoms with Crippen molar-refractivity contribution < 1.29 is 30.0 Å². The van der Waals surface area contributed by atoms with E-state index in [1.807, 2.05) is 30.3 Å². The molecule has 3 aromatic rings. The maximum atomic E-state index is 9.45. The minimum absolute atomic E-state index is 0. The first kappa shape index (κ1) is 27.8. The molecule has 2 heterocycles. The van der Waals surface area contributed by atoms with E-state index in [4.69, 9.17) is 30.7 Å². The Morgan fingerprint density at radius 3 is 2.56 bits per heavy atom. The number of nitrogens with zero attached hydrogens (tertiary/aromatic N) is 4. The van der Waals surface area contributed by atoms with E-state index in [2.05, 4.69) is 25.5 Å². The number of nitriles is 1. The molecule has 1 atom stereocenters. The van der Waals surface area contributed by atoms with E-state index >= 15 is 0 Å². The number of benzene rings is 1. The molecule has 13 heteroatoms. The molecule has 3 rings (SSSR count). The van der Waals surface area contributed by atoms with Gasteiger partial charge in [-0.3, -0.25) is 5.10 Å². The van der Waals surface area contributed by atoms with Gasteiger partial charge in [0.1, 0.15) is 29.5 Å². The molecule has 1 aromatic carbocycles. The molecule has 2 aromatic heterocycles. The number of anilines is 2. The molecule has 0 aliphatic rings. The first-order valence-electron chi connectivity index (χ1n) is 9.85. The van der Waals surface area contributed by atoms with Gasteiger partial charge in [0.15, 0.2) is 11.5 Å². The Hall–Kier alpha value is -4.25. The largest absolute Gasteiger partial charge is 0.496 e. The highest BCUT2D eigenvalue weighted by atomic mass is 16.5. The molecule has 0 amide bonds. The highest BCUT2D eigenvalue weighted by Gasteiger charge is 2.16. The van der Waals surface area contributed by atoms with Crippen LogP contribution in [0.4, 0.5) is 11.6 Å². The maximum Gasteiger partial charge on any atom is 0.332 e. The zero-order chi connectivity index (χ0) is 24.2. The molecule has 13 nitrogen and oxygen atoms in total. The maximum absolute atomic E-state index is 9.45. The lowest BCUT2D eigenvalue weighted by molar-refractivity contribution is -0.145. The number of carboxylic acids is 1. The minimum atomic E-state index is -1.23. The summed E-state index contributed by atoms with van der Waals surface area (Å²) in [7, 11) is 1.60. The molecule has 8 N–H and O–H groups in total. The van der Waals surface area contributed by atoms with Crippen LogP contribution in [0.5, 0.6) is 11.5 Å². The van der Waals surface area contributed by atoms with E-state index in [0.717, 1.165) is 17.7 Å².